The Kier molecular flexibility index (Phi) is 5.82. The number of amides is 1. The molecule has 150 valence electrons. The Labute approximate surface area is 179 Å². The first-order valence-corrected chi connectivity index (χ1v) is 9.84. The van der Waals surface area contributed by atoms with E-state index in [1.165, 1.54) is 0 Å². The van der Waals surface area contributed by atoms with E-state index >= 15 is 0 Å². The van der Waals surface area contributed by atoms with Crippen molar-refractivity contribution >= 4 is 17.5 Å². The highest BCUT2D eigenvalue weighted by atomic mass is 35.5. The van der Waals surface area contributed by atoms with E-state index in [4.69, 9.17) is 16.3 Å². The third-order valence-corrected chi connectivity index (χ3v) is 4.93. The fourth-order valence-corrected chi connectivity index (χ4v) is 3.24. The maximum Gasteiger partial charge on any atom is 0.270 e. The van der Waals surface area contributed by atoms with Gasteiger partial charge in [-0.15, -0.1) is 0 Å². The molecule has 0 radical (unpaired) electrons. The van der Waals surface area contributed by atoms with Crippen molar-refractivity contribution in [2.75, 3.05) is 7.11 Å². The van der Waals surface area contributed by atoms with E-state index in [0.29, 0.717) is 23.0 Å². The van der Waals surface area contributed by atoms with Crippen LogP contribution in [0.1, 0.15) is 16.1 Å². The Morgan fingerprint density at radius 2 is 1.77 bits per heavy atom. The fraction of sp³-hybridized carbons (Fsp3) is 0.0833. The number of ether oxygens (including phenoxy) is 1. The number of carbonyl (C=O) groups excluding carboxylic acids is 1. The molecule has 1 aromatic heterocycles. The van der Waals surface area contributed by atoms with Crippen LogP contribution in [-0.2, 0) is 6.54 Å². The van der Waals surface area contributed by atoms with Crippen molar-refractivity contribution in [2.24, 2.45) is 0 Å². The van der Waals surface area contributed by atoms with Crippen LogP contribution >= 0.6 is 11.6 Å². The average molecular weight is 418 g/mol. The number of hydrogen-bond donors (Lipinski definition) is 1. The van der Waals surface area contributed by atoms with Gasteiger partial charge in [-0.3, -0.25) is 4.79 Å². The van der Waals surface area contributed by atoms with E-state index in [-0.39, 0.29) is 5.91 Å². The van der Waals surface area contributed by atoms with Crippen LogP contribution in [0, 0.1) is 0 Å². The summed E-state index contributed by atoms with van der Waals surface area (Å²) in [5.41, 5.74) is 3.74. The molecule has 4 rings (SSSR count). The normalized spacial score (nSPS) is 10.6. The van der Waals surface area contributed by atoms with Gasteiger partial charge in [0.2, 0.25) is 0 Å². The summed E-state index contributed by atoms with van der Waals surface area (Å²) in [5.74, 6) is 0.513. The standard InChI is InChI=1S/C24H20ClN3O2/c1-30-21-9-5-8-18(14-21)22-15-23(24(29)26-16-17-6-3-2-4-7-17)28(27-22)20-12-10-19(25)11-13-20/h2-15H,16H2,1H3,(H,26,29). The van der Waals surface area contributed by atoms with Gasteiger partial charge < -0.3 is 10.1 Å². The number of halogens is 1. The third kappa shape index (κ3) is 4.36. The Morgan fingerprint density at radius 1 is 1.00 bits per heavy atom. The molecular formula is C24H20ClN3O2. The van der Waals surface area contributed by atoms with Crippen molar-refractivity contribution in [2.45, 2.75) is 6.54 Å². The van der Waals surface area contributed by atoms with Crippen LogP contribution in [0.15, 0.2) is 84.9 Å². The summed E-state index contributed by atoms with van der Waals surface area (Å²) in [4.78, 5) is 13.0. The second-order valence-corrected chi connectivity index (χ2v) is 7.14. The predicted molar refractivity (Wildman–Crippen MR) is 118 cm³/mol. The van der Waals surface area contributed by atoms with Gasteiger partial charge in [-0.25, -0.2) is 4.68 Å². The van der Waals surface area contributed by atoms with Crippen molar-refractivity contribution in [1.29, 1.82) is 0 Å². The molecule has 0 fully saturated rings. The van der Waals surface area contributed by atoms with Crippen molar-refractivity contribution in [3.05, 3.63) is 101 Å². The Balaban J connectivity index is 1.70. The molecule has 1 heterocycles. The molecule has 1 amide bonds. The molecule has 0 saturated heterocycles. The summed E-state index contributed by atoms with van der Waals surface area (Å²) in [7, 11) is 1.62. The van der Waals surface area contributed by atoms with Crippen LogP contribution in [0.5, 0.6) is 5.75 Å². The number of nitrogens with zero attached hydrogens (tertiary/aromatic N) is 2. The van der Waals surface area contributed by atoms with Crippen molar-refractivity contribution < 1.29 is 9.53 Å². The second-order valence-electron chi connectivity index (χ2n) is 6.70. The summed E-state index contributed by atoms with van der Waals surface area (Å²) in [6.45, 7) is 0.431. The molecule has 3 aromatic carbocycles. The number of methoxy groups -OCH3 is 1. The first-order valence-electron chi connectivity index (χ1n) is 9.46. The first-order chi connectivity index (χ1) is 14.6. The molecule has 1 N–H and O–H groups in total. The minimum atomic E-state index is -0.213. The zero-order chi connectivity index (χ0) is 20.9. The molecule has 0 aliphatic carbocycles. The molecule has 0 spiro atoms. The number of rotatable bonds is 6. The summed E-state index contributed by atoms with van der Waals surface area (Å²) < 4.78 is 6.95. The zero-order valence-electron chi connectivity index (χ0n) is 16.4. The molecule has 0 atom stereocenters. The molecule has 6 heteroatoms. The molecule has 30 heavy (non-hydrogen) atoms. The molecule has 0 unspecified atom stereocenters. The van der Waals surface area contributed by atoms with Gasteiger partial charge in [0.25, 0.3) is 5.91 Å². The lowest BCUT2D eigenvalue weighted by Crippen LogP contribution is -2.25. The predicted octanol–water partition coefficient (Wildman–Crippen LogP) is 5.13. The van der Waals surface area contributed by atoms with Crippen LogP contribution in [-0.4, -0.2) is 22.8 Å². The van der Waals surface area contributed by atoms with Gasteiger partial charge in [-0.2, -0.15) is 5.10 Å². The lowest BCUT2D eigenvalue weighted by Gasteiger charge is -2.08. The highest BCUT2D eigenvalue weighted by molar-refractivity contribution is 6.30. The molecule has 0 aliphatic rings. The smallest absolute Gasteiger partial charge is 0.270 e. The van der Waals surface area contributed by atoms with E-state index in [1.54, 1.807) is 30.0 Å². The average Bonchev–Trinajstić information content (AvgIpc) is 3.24. The van der Waals surface area contributed by atoms with E-state index < -0.39 is 0 Å². The molecule has 0 saturated carbocycles. The lowest BCUT2D eigenvalue weighted by molar-refractivity contribution is 0.0943. The maximum atomic E-state index is 13.0. The fourth-order valence-electron chi connectivity index (χ4n) is 3.11. The summed E-state index contributed by atoms with van der Waals surface area (Å²) in [5, 5.41) is 8.28. The van der Waals surface area contributed by atoms with Crippen LogP contribution in [0.4, 0.5) is 0 Å². The van der Waals surface area contributed by atoms with Gasteiger partial charge in [-0.1, -0.05) is 54.1 Å². The number of carbonyl (C=O) groups is 1. The maximum absolute atomic E-state index is 13.0. The van der Waals surface area contributed by atoms with E-state index in [0.717, 1.165) is 22.6 Å². The van der Waals surface area contributed by atoms with E-state index in [9.17, 15) is 4.79 Å². The van der Waals surface area contributed by atoms with Crippen molar-refractivity contribution in [1.82, 2.24) is 15.1 Å². The van der Waals surface area contributed by atoms with Gasteiger partial charge in [-0.05, 0) is 48.0 Å². The van der Waals surface area contributed by atoms with Crippen LogP contribution in [0.25, 0.3) is 16.9 Å². The van der Waals surface area contributed by atoms with Gasteiger partial charge in [0.15, 0.2) is 0 Å². The molecule has 5 nitrogen and oxygen atoms in total. The monoisotopic (exact) mass is 417 g/mol. The summed E-state index contributed by atoms with van der Waals surface area (Å²) in [6, 6.07) is 26.4. The van der Waals surface area contributed by atoms with Gasteiger partial charge in [0.05, 0.1) is 18.5 Å². The number of aromatic nitrogens is 2. The van der Waals surface area contributed by atoms with E-state index in [2.05, 4.69) is 10.4 Å². The second kappa shape index (κ2) is 8.84. The van der Waals surface area contributed by atoms with Crippen LogP contribution < -0.4 is 10.1 Å². The molecule has 4 aromatic rings. The zero-order valence-corrected chi connectivity index (χ0v) is 17.1. The minimum absolute atomic E-state index is 0.213. The lowest BCUT2D eigenvalue weighted by atomic mass is 10.1. The Morgan fingerprint density at radius 3 is 2.50 bits per heavy atom. The first kappa shape index (κ1) is 19.7. The quantitative estimate of drug-likeness (QED) is 0.473. The largest absolute Gasteiger partial charge is 0.497 e. The van der Waals surface area contributed by atoms with Crippen molar-refractivity contribution in [3.8, 4) is 22.7 Å². The summed E-state index contributed by atoms with van der Waals surface area (Å²) >= 11 is 6.03. The van der Waals surface area contributed by atoms with Gasteiger partial charge in [0.1, 0.15) is 11.4 Å². The van der Waals surface area contributed by atoms with Crippen LogP contribution in [0.3, 0.4) is 0 Å². The summed E-state index contributed by atoms with van der Waals surface area (Å²) in [6.07, 6.45) is 0. The van der Waals surface area contributed by atoms with Gasteiger partial charge in [0, 0.05) is 17.1 Å². The highest BCUT2D eigenvalue weighted by Crippen LogP contribution is 2.25. The number of nitrogens with one attached hydrogen (secondary N) is 1. The Bertz CT molecular complexity index is 1150. The van der Waals surface area contributed by atoms with E-state index in [1.807, 2.05) is 66.7 Å². The molecule has 0 aliphatic heterocycles. The number of hydrogen-bond acceptors (Lipinski definition) is 3. The SMILES string of the molecule is COc1cccc(-c2cc(C(=O)NCc3ccccc3)n(-c3ccc(Cl)cc3)n2)c1. The Hall–Kier alpha value is -3.57. The minimum Gasteiger partial charge on any atom is -0.497 e. The highest BCUT2D eigenvalue weighted by Gasteiger charge is 2.18. The third-order valence-electron chi connectivity index (χ3n) is 4.67. The van der Waals surface area contributed by atoms with Crippen molar-refractivity contribution in [3.63, 3.8) is 0 Å². The molecule has 0 bridgehead atoms. The topological polar surface area (TPSA) is 56.1 Å². The van der Waals surface area contributed by atoms with Gasteiger partial charge >= 0.3 is 0 Å². The molecular weight excluding hydrogens is 398 g/mol. The number of benzene rings is 3. The van der Waals surface area contributed by atoms with Crippen LogP contribution in [0.2, 0.25) is 5.02 Å².